The van der Waals surface area contributed by atoms with E-state index in [1.807, 2.05) is 20.8 Å². The van der Waals surface area contributed by atoms with Crippen LogP contribution in [0.1, 0.15) is 41.0 Å². The molecule has 1 aromatic rings. The van der Waals surface area contributed by atoms with E-state index >= 15 is 0 Å². The number of rotatable bonds is 5. The number of sulfonamides is 1. The largest absolute Gasteiger partial charge is 0.336 e. The summed E-state index contributed by atoms with van der Waals surface area (Å²) in [4.78, 5) is 24.7. The molecule has 9 nitrogen and oxygen atoms in total. The molecule has 1 saturated heterocycles. The van der Waals surface area contributed by atoms with Crippen LogP contribution in [0, 0.1) is 15.5 Å². The number of nitro groups is 1. The Labute approximate surface area is 184 Å². The van der Waals surface area contributed by atoms with E-state index in [0.29, 0.717) is 6.42 Å². The monoisotopic (exact) mass is 462 g/mol. The van der Waals surface area contributed by atoms with Crippen molar-refractivity contribution in [2.75, 3.05) is 13.1 Å². The highest BCUT2D eigenvalue weighted by Gasteiger charge is 2.42. The van der Waals surface area contributed by atoms with Gasteiger partial charge in [-0.25, -0.2) is 8.42 Å². The third-order valence-corrected chi connectivity index (χ3v) is 7.04. The lowest BCUT2D eigenvalue weighted by Gasteiger charge is -2.44. The summed E-state index contributed by atoms with van der Waals surface area (Å²) in [7, 11) is -4.10. The normalized spacial score (nSPS) is 21.6. The van der Waals surface area contributed by atoms with Crippen molar-refractivity contribution in [2.45, 2.75) is 64.1 Å². The number of piperazine rings is 1. The van der Waals surface area contributed by atoms with Crippen LogP contribution in [0.25, 0.3) is 0 Å². The highest BCUT2D eigenvalue weighted by Crippen LogP contribution is 2.30. The molecule has 1 aliphatic heterocycles. The van der Waals surface area contributed by atoms with Crippen molar-refractivity contribution in [1.29, 1.82) is 0 Å². The van der Waals surface area contributed by atoms with E-state index in [-0.39, 0.29) is 41.7 Å². The fourth-order valence-corrected chi connectivity index (χ4v) is 5.51. The molecule has 1 aliphatic rings. The molecule has 3 atom stereocenters. The second-order valence-electron chi connectivity index (χ2n) is 8.86. The summed E-state index contributed by atoms with van der Waals surface area (Å²) in [6, 6.07) is 3.69. The maximum Gasteiger partial charge on any atom is 0.289 e. The molecule has 11 heteroatoms. The Kier molecular flexibility index (Phi) is 8.40. The maximum atomic E-state index is 13.2. The first-order chi connectivity index (χ1) is 13.3. The van der Waals surface area contributed by atoms with Gasteiger partial charge in [0.2, 0.25) is 15.9 Å². The second kappa shape index (κ2) is 9.59. The van der Waals surface area contributed by atoms with Crippen LogP contribution >= 0.6 is 12.4 Å². The van der Waals surface area contributed by atoms with Crippen molar-refractivity contribution in [3.8, 4) is 0 Å². The Bertz CT molecular complexity index is 887. The molecule has 0 radical (unpaired) electrons. The smallest absolute Gasteiger partial charge is 0.289 e. The summed E-state index contributed by atoms with van der Waals surface area (Å²) in [5.41, 5.74) is 5.54. The summed E-state index contributed by atoms with van der Waals surface area (Å²) in [6.45, 7) is 9.68. The van der Waals surface area contributed by atoms with Crippen LogP contribution < -0.4 is 5.73 Å². The van der Waals surface area contributed by atoms with E-state index < -0.39 is 38.8 Å². The number of nitrogens with two attached hydrogens (primary N) is 1. The highest BCUT2D eigenvalue weighted by molar-refractivity contribution is 7.89. The van der Waals surface area contributed by atoms with Crippen molar-refractivity contribution in [2.24, 2.45) is 11.1 Å². The minimum Gasteiger partial charge on any atom is -0.336 e. The van der Waals surface area contributed by atoms with Crippen molar-refractivity contribution >= 4 is 34.0 Å². The summed E-state index contributed by atoms with van der Waals surface area (Å²) >= 11 is 0. The topological polar surface area (TPSA) is 127 Å². The van der Waals surface area contributed by atoms with Crippen LogP contribution in [0.5, 0.6) is 0 Å². The number of benzene rings is 1. The number of carbonyl (C=O) groups excluding carboxylic acids is 1. The van der Waals surface area contributed by atoms with Crippen LogP contribution in [0.3, 0.4) is 0 Å². The molecule has 0 saturated carbocycles. The molecule has 0 unspecified atom stereocenters. The summed E-state index contributed by atoms with van der Waals surface area (Å²) in [5, 5.41) is 11.3. The molecular weight excluding hydrogens is 432 g/mol. The molecule has 170 valence electrons. The lowest BCUT2D eigenvalue weighted by Crippen LogP contribution is -2.61. The van der Waals surface area contributed by atoms with Crippen molar-refractivity contribution in [1.82, 2.24) is 9.21 Å². The quantitative estimate of drug-likeness (QED) is 0.528. The predicted molar refractivity (Wildman–Crippen MR) is 117 cm³/mol. The van der Waals surface area contributed by atoms with Crippen LogP contribution in [0.2, 0.25) is 0 Å². The minimum absolute atomic E-state index is 0. The van der Waals surface area contributed by atoms with E-state index in [4.69, 9.17) is 5.73 Å². The third kappa shape index (κ3) is 5.69. The van der Waals surface area contributed by atoms with Gasteiger partial charge in [-0.3, -0.25) is 14.9 Å². The van der Waals surface area contributed by atoms with Gasteiger partial charge in [-0.15, -0.1) is 12.4 Å². The summed E-state index contributed by atoms with van der Waals surface area (Å²) in [5.74, 6) is -0.206. The van der Waals surface area contributed by atoms with Gasteiger partial charge in [-0.05, 0) is 31.7 Å². The maximum absolute atomic E-state index is 13.2. The zero-order valence-electron chi connectivity index (χ0n) is 17.9. The molecule has 1 amide bonds. The van der Waals surface area contributed by atoms with E-state index in [1.54, 1.807) is 18.7 Å². The average molecular weight is 463 g/mol. The molecule has 0 aromatic heterocycles. The number of amides is 1. The number of halogens is 1. The van der Waals surface area contributed by atoms with Gasteiger partial charge < -0.3 is 10.6 Å². The fraction of sp³-hybridized carbons (Fsp3) is 0.632. The van der Waals surface area contributed by atoms with Crippen molar-refractivity contribution in [3.05, 3.63) is 34.4 Å². The third-order valence-electron chi connectivity index (χ3n) is 5.01. The molecule has 0 aliphatic carbocycles. The van der Waals surface area contributed by atoms with Gasteiger partial charge in [0.1, 0.15) is 0 Å². The summed E-state index contributed by atoms with van der Waals surface area (Å²) < 4.78 is 27.6. The molecule has 2 N–H and O–H groups in total. The van der Waals surface area contributed by atoms with Crippen LogP contribution in [0.15, 0.2) is 29.2 Å². The number of nitrogens with zero attached hydrogens (tertiary/aromatic N) is 3. The van der Waals surface area contributed by atoms with Gasteiger partial charge in [0.25, 0.3) is 5.69 Å². The van der Waals surface area contributed by atoms with Gasteiger partial charge in [0, 0.05) is 31.2 Å². The Morgan fingerprint density at radius 3 is 2.33 bits per heavy atom. The van der Waals surface area contributed by atoms with Crippen molar-refractivity contribution < 1.29 is 18.1 Å². The Balaban J connectivity index is 0.00000450. The lowest BCUT2D eigenvalue weighted by molar-refractivity contribution is -0.387. The van der Waals surface area contributed by atoms with Gasteiger partial charge in [0.15, 0.2) is 4.90 Å². The van der Waals surface area contributed by atoms with E-state index in [9.17, 15) is 23.3 Å². The Morgan fingerprint density at radius 2 is 1.80 bits per heavy atom. The van der Waals surface area contributed by atoms with Crippen LogP contribution in [-0.4, -0.2) is 59.7 Å². The number of para-hydroxylation sites is 1. The predicted octanol–water partition coefficient (Wildman–Crippen LogP) is 2.39. The van der Waals surface area contributed by atoms with Gasteiger partial charge in [-0.2, -0.15) is 4.31 Å². The number of hydrogen-bond acceptors (Lipinski definition) is 6. The van der Waals surface area contributed by atoms with E-state index in [2.05, 4.69) is 0 Å². The zero-order chi connectivity index (χ0) is 22.1. The van der Waals surface area contributed by atoms with Crippen LogP contribution in [-0.2, 0) is 14.8 Å². The highest BCUT2D eigenvalue weighted by atomic mass is 35.5. The van der Waals surface area contributed by atoms with E-state index in [0.717, 1.165) is 0 Å². The average Bonchev–Trinajstić information content (AvgIpc) is 2.61. The molecule has 0 spiro atoms. The second-order valence-corrected chi connectivity index (χ2v) is 10.7. The standard InChI is InChI=1S/C19H30N4O5S.ClH/c1-13-12-22(29(27,28)17-9-7-6-8-16(17)23(25)26)14(2)11-21(13)18(24)15(20)10-19(3,4)5;/h6-9,13-15H,10-12,20H2,1-5H3;1H/t13-,14+,15+;/m1./s1. The summed E-state index contributed by atoms with van der Waals surface area (Å²) in [6.07, 6.45) is 0.516. The first-order valence-electron chi connectivity index (χ1n) is 9.57. The molecule has 2 rings (SSSR count). The first kappa shape index (κ1) is 26.3. The van der Waals surface area contributed by atoms with Gasteiger partial charge >= 0.3 is 0 Å². The molecule has 1 aromatic carbocycles. The number of carbonyl (C=O) groups is 1. The van der Waals surface area contributed by atoms with Gasteiger partial charge in [-0.1, -0.05) is 32.9 Å². The molecule has 30 heavy (non-hydrogen) atoms. The van der Waals surface area contributed by atoms with Crippen LogP contribution in [0.4, 0.5) is 5.69 Å². The first-order valence-corrected chi connectivity index (χ1v) is 11.0. The SMILES string of the molecule is C[C@@H]1CN(S(=O)(=O)c2ccccc2[N+](=O)[O-])[C@@H](C)CN1C(=O)[C@@H](N)CC(C)(C)C.Cl. The molecule has 0 bridgehead atoms. The molecule has 1 fully saturated rings. The Hall–Kier alpha value is -1.75. The van der Waals surface area contributed by atoms with Crippen molar-refractivity contribution in [3.63, 3.8) is 0 Å². The van der Waals surface area contributed by atoms with Gasteiger partial charge in [0.05, 0.1) is 11.0 Å². The molecule has 1 heterocycles. The lowest BCUT2D eigenvalue weighted by atomic mass is 9.87. The molecular formula is C19H31ClN4O5S. The Morgan fingerprint density at radius 1 is 1.23 bits per heavy atom. The number of hydrogen-bond donors (Lipinski definition) is 1. The zero-order valence-corrected chi connectivity index (χ0v) is 19.6. The van der Waals surface area contributed by atoms with E-state index in [1.165, 1.54) is 28.6 Å². The fourth-order valence-electron chi connectivity index (χ4n) is 3.65. The minimum atomic E-state index is -4.10. The number of nitro benzene ring substituents is 1.